The smallest absolute Gasteiger partial charge is 0.244 e. The summed E-state index contributed by atoms with van der Waals surface area (Å²) in [5.41, 5.74) is 0.274. The van der Waals surface area contributed by atoms with E-state index < -0.39 is 24.0 Å². The van der Waals surface area contributed by atoms with Crippen LogP contribution in [-0.4, -0.2) is 64.6 Å². The molecule has 1 aliphatic carbocycles. The van der Waals surface area contributed by atoms with Gasteiger partial charge in [0.2, 0.25) is 5.91 Å². The zero-order chi connectivity index (χ0) is 21.5. The standard InChI is InChI=1S/C23H35NO6/c1-4-5-6-7-8-13(2)11-14(3)9-10-16(25)24-15-12-23(30-22(15)27)20-18(28-20)17(26)19-21(23)29-19/h9-11,13,15,17-22,26-27H,4-8,12H2,1-3H3,(H,24,25)/b10-9+,14-11+. The number of aliphatic hydroxyl groups excluding tert-OH is 2. The Labute approximate surface area is 178 Å². The average molecular weight is 422 g/mol. The molecule has 0 aromatic heterocycles. The zero-order valence-corrected chi connectivity index (χ0v) is 18.1. The molecule has 3 heterocycles. The quantitative estimate of drug-likeness (QED) is 0.228. The summed E-state index contributed by atoms with van der Waals surface area (Å²) in [6, 6.07) is -0.533. The lowest BCUT2D eigenvalue weighted by molar-refractivity contribution is -0.160. The first-order valence-corrected chi connectivity index (χ1v) is 11.4. The van der Waals surface area contributed by atoms with Gasteiger partial charge in [-0.1, -0.05) is 57.3 Å². The van der Waals surface area contributed by atoms with Gasteiger partial charge in [-0.15, -0.1) is 0 Å². The summed E-state index contributed by atoms with van der Waals surface area (Å²) < 4.78 is 17.0. The number of aliphatic hydroxyl groups is 2. The highest BCUT2D eigenvalue weighted by Gasteiger charge is 2.78. The lowest BCUT2D eigenvalue weighted by Crippen LogP contribution is -2.50. The van der Waals surface area contributed by atoms with Crippen molar-refractivity contribution in [2.45, 2.75) is 108 Å². The second kappa shape index (κ2) is 8.71. The number of epoxide rings is 2. The third-order valence-electron chi connectivity index (χ3n) is 6.80. The topological polar surface area (TPSA) is 104 Å². The minimum absolute atomic E-state index is 0.263. The van der Waals surface area contributed by atoms with Crippen LogP contribution < -0.4 is 5.32 Å². The van der Waals surface area contributed by atoms with Gasteiger partial charge < -0.3 is 29.7 Å². The molecule has 1 amide bonds. The van der Waals surface area contributed by atoms with Crippen LogP contribution in [0.1, 0.15) is 59.3 Å². The van der Waals surface area contributed by atoms with E-state index in [2.05, 4.69) is 25.2 Å². The van der Waals surface area contributed by atoms with Crippen molar-refractivity contribution in [3.63, 3.8) is 0 Å². The molecule has 1 spiro atoms. The highest BCUT2D eigenvalue weighted by Crippen LogP contribution is 2.58. The van der Waals surface area contributed by atoms with Crippen LogP contribution in [0.25, 0.3) is 0 Å². The van der Waals surface area contributed by atoms with Crippen molar-refractivity contribution in [1.82, 2.24) is 5.32 Å². The van der Waals surface area contributed by atoms with Gasteiger partial charge in [0.15, 0.2) is 6.29 Å². The molecule has 0 radical (unpaired) electrons. The number of hydrogen-bond acceptors (Lipinski definition) is 6. The van der Waals surface area contributed by atoms with E-state index >= 15 is 0 Å². The molecule has 7 atom stereocenters. The summed E-state index contributed by atoms with van der Waals surface area (Å²) >= 11 is 0. The molecule has 30 heavy (non-hydrogen) atoms. The SMILES string of the molecule is CCCCCCC(C)/C=C(C)/C=C/C(=O)NC1CC2(OC1O)C1OC1C(O)C1OC12. The minimum Gasteiger partial charge on any atom is -0.387 e. The predicted molar refractivity (Wildman–Crippen MR) is 111 cm³/mol. The third kappa shape index (κ3) is 4.36. The first kappa shape index (κ1) is 22.0. The van der Waals surface area contributed by atoms with E-state index in [1.165, 1.54) is 31.8 Å². The van der Waals surface area contributed by atoms with Crippen LogP contribution in [0.3, 0.4) is 0 Å². The molecule has 4 aliphatic rings. The van der Waals surface area contributed by atoms with Crippen molar-refractivity contribution in [2.24, 2.45) is 5.92 Å². The lowest BCUT2D eigenvalue weighted by atomic mass is 9.80. The molecule has 3 saturated heterocycles. The Morgan fingerprint density at radius 3 is 2.53 bits per heavy atom. The monoisotopic (exact) mass is 421 g/mol. The van der Waals surface area contributed by atoms with E-state index in [0.717, 1.165) is 12.0 Å². The Morgan fingerprint density at radius 2 is 1.87 bits per heavy atom. The normalized spacial score (nSPS) is 42.8. The Morgan fingerprint density at radius 1 is 1.17 bits per heavy atom. The summed E-state index contributed by atoms with van der Waals surface area (Å²) in [5.74, 6) is 0.222. The summed E-state index contributed by atoms with van der Waals surface area (Å²) in [5, 5.41) is 23.3. The summed E-state index contributed by atoms with van der Waals surface area (Å²) in [6.45, 7) is 6.42. The van der Waals surface area contributed by atoms with Crippen LogP contribution >= 0.6 is 0 Å². The second-order valence-corrected chi connectivity index (χ2v) is 9.39. The number of unbranched alkanes of at least 4 members (excludes halogenated alkanes) is 3. The van der Waals surface area contributed by atoms with E-state index in [4.69, 9.17) is 14.2 Å². The van der Waals surface area contributed by atoms with E-state index in [-0.39, 0.29) is 30.3 Å². The van der Waals surface area contributed by atoms with Crippen LogP contribution in [0.5, 0.6) is 0 Å². The Hall–Kier alpha value is -1.25. The molecule has 0 aromatic carbocycles. The Balaban J connectivity index is 1.26. The van der Waals surface area contributed by atoms with E-state index in [0.29, 0.717) is 12.3 Å². The van der Waals surface area contributed by atoms with Crippen LogP contribution in [0, 0.1) is 5.92 Å². The molecule has 4 rings (SSSR count). The molecular formula is C23H35NO6. The molecule has 7 nitrogen and oxygen atoms in total. The van der Waals surface area contributed by atoms with Crippen LogP contribution in [0.2, 0.25) is 0 Å². The van der Waals surface area contributed by atoms with Crippen molar-refractivity contribution in [1.29, 1.82) is 0 Å². The molecule has 3 aliphatic heterocycles. The highest BCUT2D eigenvalue weighted by atomic mass is 16.7. The van der Waals surface area contributed by atoms with Gasteiger partial charge in [0.05, 0.1) is 6.04 Å². The number of fused-ring (bicyclic) bond motifs is 4. The van der Waals surface area contributed by atoms with Gasteiger partial charge in [0.1, 0.15) is 36.1 Å². The molecule has 168 valence electrons. The Bertz CT molecular complexity index is 688. The molecular weight excluding hydrogens is 386 g/mol. The number of amides is 1. The Kier molecular flexibility index (Phi) is 6.38. The molecule has 4 fully saturated rings. The number of rotatable bonds is 9. The van der Waals surface area contributed by atoms with Crippen molar-refractivity contribution in [3.8, 4) is 0 Å². The van der Waals surface area contributed by atoms with Crippen molar-refractivity contribution < 1.29 is 29.2 Å². The van der Waals surface area contributed by atoms with Gasteiger partial charge >= 0.3 is 0 Å². The number of allylic oxidation sites excluding steroid dienone is 3. The number of nitrogens with one attached hydrogen (secondary N) is 1. The van der Waals surface area contributed by atoms with Crippen molar-refractivity contribution >= 4 is 5.91 Å². The van der Waals surface area contributed by atoms with Gasteiger partial charge in [-0.25, -0.2) is 0 Å². The molecule has 1 saturated carbocycles. The summed E-state index contributed by atoms with van der Waals surface area (Å²) in [6.07, 6.45) is 9.20. The molecule has 0 aromatic rings. The molecule has 3 N–H and O–H groups in total. The average Bonchev–Trinajstić information content (AvgIpc) is 3.60. The van der Waals surface area contributed by atoms with Gasteiger partial charge in [0.25, 0.3) is 0 Å². The number of ether oxygens (including phenoxy) is 3. The zero-order valence-electron chi connectivity index (χ0n) is 18.1. The van der Waals surface area contributed by atoms with Gasteiger partial charge in [-0.05, 0) is 19.3 Å². The highest BCUT2D eigenvalue weighted by molar-refractivity contribution is 5.88. The number of hydrogen-bond donors (Lipinski definition) is 3. The molecule has 7 unspecified atom stereocenters. The van der Waals surface area contributed by atoms with Crippen molar-refractivity contribution in [2.75, 3.05) is 0 Å². The van der Waals surface area contributed by atoms with Crippen LogP contribution in [0.4, 0.5) is 0 Å². The molecule has 0 bridgehead atoms. The van der Waals surface area contributed by atoms with Gasteiger partial charge in [-0.2, -0.15) is 0 Å². The minimum atomic E-state index is -1.12. The number of carbonyl (C=O) groups is 1. The van der Waals surface area contributed by atoms with Crippen LogP contribution in [0.15, 0.2) is 23.8 Å². The van der Waals surface area contributed by atoms with Crippen molar-refractivity contribution in [3.05, 3.63) is 23.8 Å². The van der Waals surface area contributed by atoms with Crippen LogP contribution in [-0.2, 0) is 19.0 Å². The maximum atomic E-state index is 12.4. The van der Waals surface area contributed by atoms with E-state index in [1.54, 1.807) is 0 Å². The van der Waals surface area contributed by atoms with E-state index in [9.17, 15) is 15.0 Å². The third-order valence-corrected chi connectivity index (χ3v) is 6.80. The second-order valence-electron chi connectivity index (χ2n) is 9.39. The maximum Gasteiger partial charge on any atom is 0.244 e. The molecule has 7 heteroatoms. The fourth-order valence-corrected chi connectivity index (χ4v) is 5.11. The number of carbonyl (C=O) groups excluding carboxylic acids is 1. The van der Waals surface area contributed by atoms with E-state index in [1.807, 2.05) is 13.0 Å². The van der Waals surface area contributed by atoms with Gasteiger partial charge in [0, 0.05) is 12.5 Å². The first-order valence-electron chi connectivity index (χ1n) is 11.4. The fourth-order valence-electron chi connectivity index (χ4n) is 5.11. The fraction of sp³-hybridized carbons (Fsp3) is 0.783. The largest absolute Gasteiger partial charge is 0.387 e. The predicted octanol–water partition coefficient (Wildman–Crippen LogP) is 1.97. The first-order chi connectivity index (χ1) is 14.4. The van der Waals surface area contributed by atoms with Gasteiger partial charge in [-0.3, -0.25) is 4.79 Å². The maximum absolute atomic E-state index is 12.4. The summed E-state index contributed by atoms with van der Waals surface area (Å²) in [4.78, 5) is 12.4. The summed E-state index contributed by atoms with van der Waals surface area (Å²) in [7, 11) is 0. The lowest BCUT2D eigenvalue weighted by Gasteiger charge is -2.28.